The van der Waals surface area contributed by atoms with Crippen LogP contribution in [0.25, 0.3) is 11.4 Å². The highest BCUT2D eigenvalue weighted by Crippen LogP contribution is 2.33. The fourth-order valence-corrected chi connectivity index (χ4v) is 4.20. The van der Waals surface area contributed by atoms with Crippen molar-refractivity contribution in [1.29, 1.82) is 0 Å². The lowest BCUT2D eigenvalue weighted by atomic mass is 9.98. The first-order valence-electron chi connectivity index (χ1n) is 10.4. The number of nitrogens with one attached hydrogen (secondary N) is 1. The molecule has 3 rings (SSSR count). The van der Waals surface area contributed by atoms with Crippen LogP contribution >= 0.6 is 11.6 Å². The topological polar surface area (TPSA) is 108 Å². The zero-order valence-electron chi connectivity index (χ0n) is 19.1. The number of aromatic nitrogens is 3. The number of alkyl halides is 3. The molecule has 0 saturated carbocycles. The number of pyridine rings is 1. The van der Waals surface area contributed by atoms with Crippen molar-refractivity contribution in [2.45, 2.75) is 32.1 Å². The standard InChI is InChI=1S/C22H22ClF3N6O3/c1-5-19(34)31-9-11(2)32(12(3)33)17(10-31)13-6-14(28-18(23)7-13)15-8-16(20(35)27-4)30-21(29-15)22(24,25)26/h5-8,11,17H,1,9-10H2,2-4H3,(H,27,35)/t11-,17-/m0/s1. The van der Waals surface area contributed by atoms with E-state index in [1.54, 1.807) is 11.8 Å². The highest BCUT2D eigenvalue weighted by atomic mass is 35.5. The van der Waals surface area contributed by atoms with E-state index in [0.29, 0.717) is 5.56 Å². The second-order valence-corrected chi connectivity index (χ2v) is 8.27. The van der Waals surface area contributed by atoms with Crippen LogP contribution in [-0.2, 0) is 15.8 Å². The number of carbonyl (C=O) groups excluding carboxylic acids is 3. The number of hydrogen-bond donors (Lipinski definition) is 1. The summed E-state index contributed by atoms with van der Waals surface area (Å²) in [5, 5.41) is 2.15. The van der Waals surface area contributed by atoms with Crippen molar-refractivity contribution in [3.8, 4) is 11.4 Å². The average molecular weight is 511 g/mol. The summed E-state index contributed by atoms with van der Waals surface area (Å²) in [7, 11) is 1.25. The van der Waals surface area contributed by atoms with Gasteiger partial charge in [0.15, 0.2) is 0 Å². The Balaban J connectivity index is 2.16. The molecule has 1 aliphatic heterocycles. The molecule has 1 N–H and O–H groups in total. The van der Waals surface area contributed by atoms with Crippen LogP contribution in [0, 0.1) is 0 Å². The highest BCUT2D eigenvalue weighted by Gasteiger charge is 2.38. The van der Waals surface area contributed by atoms with Gasteiger partial charge in [-0.3, -0.25) is 14.4 Å². The maximum atomic E-state index is 13.4. The second kappa shape index (κ2) is 9.98. The third-order valence-electron chi connectivity index (χ3n) is 5.44. The molecule has 1 fully saturated rings. The van der Waals surface area contributed by atoms with Crippen molar-refractivity contribution in [2.24, 2.45) is 0 Å². The zero-order chi connectivity index (χ0) is 26.1. The van der Waals surface area contributed by atoms with Crippen molar-refractivity contribution < 1.29 is 27.6 Å². The summed E-state index contributed by atoms with van der Waals surface area (Å²) in [5.74, 6) is -2.95. The van der Waals surface area contributed by atoms with E-state index in [4.69, 9.17) is 11.6 Å². The van der Waals surface area contributed by atoms with Gasteiger partial charge in [-0.25, -0.2) is 15.0 Å². The number of hydrogen-bond acceptors (Lipinski definition) is 6. The summed E-state index contributed by atoms with van der Waals surface area (Å²) in [6, 6.07) is 2.93. The van der Waals surface area contributed by atoms with E-state index in [9.17, 15) is 27.6 Å². The van der Waals surface area contributed by atoms with Gasteiger partial charge >= 0.3 is 6.18 Å². The molecule has 9 nitrogen and oxygen atoms in total. The van der Waals surface area contributed by atoms with Gasteiger partial charge in [0.05, 0.1) is 17.4 Å². The Bertz CT molecular complexity index is 1190. The molecule has 1 saturated heterocycles. The summed E-state index contributed by atoms with van der Waals surface area (Å²) >= 11 is 6.21. The lowest BCUT2D eigenvalue weighted by Crippen LogP contribution is -2.56. The van der Waals surface area contributed by atoms with Gasteiger partial charge in [0.1, 0.15) is 10.8 Å². The Morgan fingerprint density at radius 1 is 1.14 bits per heavy atom. The number of piperazine rings is 1. The maximum Gasteiger partial charge on any atom is 0.451 e. The first kappa shape index (κ1) is 26.1. The zero-order valence-corrected chi connectivity index (χ0v) is 19.8. The molecule has 2 aromatic heterocycles. The Kier molecular flexibility index (Phi) is 7.44. The van der Waals surface area contributed by atoms with E-state index in [-0.39, 0.29) is 47.5 Å². The van der Waals surface area contributed by atoms with E-state index in [1.165, 1.54) is 31.0 Å². The van der Waals surface area contributed by atoms with Gasteiger partial charge < -0.3 is 15.1 Å². The van der Waals surface area contributed by atoms with E-state index in [2.05, 4.69) is 26.8 Å². The molecule has 35 heavy (non-hydrogen) atoms. The van der Waals surface area contributed by atoms with Gasteiger partial charge in [0.25, 0.3) is 5.91 Å². The molecule has 0 radical (unpaired) electrons. The molecule has 0 spiro atoms. The van der Waals surface area contributed by atoms with Crippen molar-refractivity contribution in [3.63, 3.8) is 0 Å². The molecule has 2 atom stereocenters. The number of nitrogens with zero attached hydrogens (tertiary/aromatic N) is 5. The van der Waals surface area contributed by atoms with Gasteiger partial charge in [0.2, 0.25) is 17.6 Å². The molecule has 3 heterocycles. The SMILES string of the molecule is C=CC(=O)N1C[C@H](C)N(C(C)=O)[C@H](c2cc(Cl)nc(-c3cc(C(=O)NC)nc(C(F)(F)F)n3)c2)C1. The van der Waals surface area contributed by atoms with Crippen LogP contribution in [0.5, 0.6) is 0 Å². The number of carbonyl (C=O) groups is 3. The predicted octanol–water partition coefficient (Wildman–Crippen LogP) is 2.88. The first-order chi connectivity index (χ1) is 16.3. The molecular formula is C22H22ClF3N6O3. The Morgan fingerprint density at radius 2 is 1.80 bits per heavy atom. The molecule has 1 aliphatic rings. The molecule has 0 aromatic carbocycles. The van der Waals surface area contributed by atoms with Crippen LogP contribution in [0.2, 0.25) is 5.15 Å². The Hall–Kier alpha value is -3.54. The van der Waals surface area contributed by atoms with Crippen LogP contribution in [0.1, 0.15) is 41.8 Å². The Morgan fingerprint density at radius 3 is 2.37 bits per heavy atom. The highest BCUT2D eigenvalue weighted by molar-refractivity contribution is 6.29. The summed E-state index contributed by atoms with van der Waals surface area (Å²) in [5.41, 5.74) is -0.425. The van der Waals surface area contributed by atoms with Gasteiger partial charge in [0, 0.05) is 33.1 Å². The van der Waals surface area contributed by atoms with Crippen molar-refractivity contribution in [3.05, 3.63) is 53.1 Å². The summed E-state index contributed by atoms with van der Waals surface area (Å²) < 4.78 is 40.3. The summed E-state index contributed by atoms with van der Waals surface area (Å²) in [6.07, 6.45) is -3.76. The number of rotatable bonds is 4. The predicted molar refractivity (Wildman–Crippen MR) is 120 cm³/mol. The number of halogens is 4. The minimum atomic E-state index is -4.92. The number of amides is 3. The van der Waals surface area contributed by atoms with Crippen LogP contribution < -0.4 is 5.32 Å². The van der Waals surface area contributed by atoms with E-state index in [1.807, 2.05) is 0 Å². The molecule has 2 aromatic rings. The average Bonchev–Trinajstić information content (AvgIpc) is 2.80. The van der Waals surface area contributed by atoms with E-state index < -0.39 is 29.6 Å². The first-order valence-corrected chi connectivity index (χ1v) is 10.8. The third kappa shape index (κ3) is 5.59. The molecule has 0 bridgehead atoms. The van der Waals surface area contributed by atoms with Crippen LogP contribution in [0.4, 0.5) is 13.2 Å². The summed E-state index contributed by atoms with van der Waals surface area (Å²) in [6.45, 7) is 7.04. The minimum Gasteiger partial charge on any atom is -0.354 e. The molecule has 0 unspecified atom stereocenters. The van der Waals surface area contributed by atoms with Gasteiger partial charge in [-0.2, -0.15) is 13.2 Å². The summed E-state index contributed by atoms with van der Waals surface area (Å²) in [4.78, 5) is 50.8. The van der Waals surface area contributed by atoms with Gasteiger partial charge in [-0.15, -0.1) is 0 Å². The second-order valence-electron chi connectivity index (χ2n) is 7.89. The monoisotopic (exact) mass is 510 g/mol. The Labute approximate surface area is 204 Å². The smallest absolute Gasteiger partial charge is 0.354 e. The lowest BCUT2D eigenvalue weighted by Gasteiger charge is -2.45. The van der Waals surface area contributed by atoms with Gasteiger partial charge in [-0.05, 0) is 36.8 Å². The van der Waals surface area contributed by atoms with Crippen LogP contribution in [0.3, 0.4) is 0 Å². The molecule has 3 amide bonds. The van der Waals surface area contributed by atoms with E-state index >= 15 is 0 Å². The fraction of sp³-hybridized carbons (Fsp3) is 0.364. The molecule has 186 valence electrons. The maximum absolute atomic E-state index is 13.4. The lowest BCUT2D eigenvalue weighted by molar-refractivity contribution is -0.145. The largest absolute Gasteiger partial charge is 0.451 e. The van der Waals surface area contributed by atoms with Crippen LogP contribution in [0.15, 0.2) is 30.9 Å². The third-order valence-corrected chi connectivity index (χ3v) is 5.64. The minimum absolute atomic E-state index is 0.0612. The van der Waals surface area contributed by atoms with Crippen molar-refractivity contribution in [1.82, 2.24) is 30.1 Å². The molecule has 13 heteroatoms. The normalized spacial score (nSPS) is 18.3. The van der Waals surface area contributed by atoms with Crippen LogP contribution in [-0.4, -0.2) is 68.7 Å². The molecular weight excluding hydrogens is 489 g/mol. The van der Waals surface area contributed by atoms with Gasteiger partial charge in [-0.1, -0.05) is 18.2 Å². The van der Waals surface area contributed by atoms with Crippen molar-refractivity contribution in [2.75, 3.05) is 20.1 Å². The quantitative estimate of drug-likeness (QED) is 0.500. The fourth-order valence-electron chi connectivity index (χ4n) is 3.98. The van der Waals surface area contributed by atoms with E-state index in [0.717, 1.165) is 12.1 Å². The molecule has 0 aliphatic carbocycles. The van der Waals surface area contributed by atoms with Crippen molar-refractivity contribution >= 4 is 29.3 Å².